The Balaban J connectivity index is 1.65. The number of hydrogen-bond donors (Lipinski definition) is 2. The van der Waals surface area contributed by atoms with Gasteiger partial charge in [-0.3, -0.25) is 9.59 Å². The average molecular weight is 402 g/mol. The average Bonchev–Trinajstić information content (AvgIpc) is 2.72. The second kappa shape index (κ2) is 9.74. The van der Waals surface area contributed by atoms with Gasteiger partial charge in [0.15, 0.2) is 6.10 Å². The highest BCUT2D eigenvalue weighted by Crippen LogP contribution is 2.19. The van der Waals surface area contributed by atoms with Gasteiger partial charge in [-0.15, -0.1) is 0 Å². The van der Waals surface area contributed by atoms with Crippen LogP contribution in [0.5, 0.6) is 5.75 Å². The van der Waals surface area contributed by atoms with Gasteiger partial charge in [0.1, 0.15) is 5.75 Å². The van der Waals surface area contributed by atoms with Crippen LogP contribution in [0.25, 0.3) is 0 Å². The lowest BCUT2D eigenvalue weighted by Crippen LogP contribution is -2.31. The van der Waals surface area contributed by atoms with Crippen LogP contribution in [0.1, 0.15) is 34.0 Å². The van der Waals surface area contributed by atoms with Gasteiger partial charge in [0.05, 0.1) is 11.3 Å². The predicted molar refractivity (Wildman–Crippen MR) is 119 cm³/mol. The molecule has 0 aliphatic rings. The molecule has 2 amide bonds. The SMILES string of the molecule is Cc1cc(C)cc(O[C@H](C)C(=O)Nc2ccccc2C(=O)NCc2ccccc2)c1. The molecular formula is C25H26N2O3. The van der Waals surface area contributed by atoms with Gasteiger partial charge in [-0.25, -0.2) is 0 Å². The summed E-state index contributed by atoms with van der Waals surface area (Å²) in [4.78, 5) is 25.3. The number of aryl methyl sites for hydroxylation is 2. The van der Waals surface area contributed by atoms with E-state index in [9.17, 15) is 9.59 Å². The van der Waals surface area contributed by atoms with Crippen LogP contribution in [-0.4, -0.2) is 17.9 Å². The molecule has 30 heavy (non-hydrogen) atoms. The molecule has 0 saturated heterocycles. The molecule has 0 fully saturated rings. The Morgan fingerprint density at radius 3 is 2.23 bits per heavy atom. The fourth-order valence-electron chi connectivity index (χ4n) is 3.16. The zero-order valence-electron chi connectivity index (χ0n) is 17.4. The van der Waals surface area contributed by atoms with Gasteiger partial charge in [0.25, 0.3) is 11.8 Å². The summed E-state index contributed by atoms with van der Waals surface area (Å²) in [7, 11) is 0. The Morgan fingerprint density at radius 1 is 0.900 bits per heavy atom. The van der Waals surface area contributed by atoms with Gasteiger partial charge in [-0.1, -0.05) is 48.5 Å². The molecule has 5 heteroatoms. The molecule has 0 unspecified atom stereocenters. The minimum absolute atomic E-state index is 0.252. The third-order valence-electron chi connectivity index (χ3n) is 4.60. The highest BCUT2D eigenvalue weighted by Gasteiger charge is 2.18. The summed E-state index contributed by atoms with van der Waals surface area (Å²) in [6, 6.07) is 22.4. The maximum atomic E-state index is 12.7. The number of hydrogen-bond acceptors (Lipinski definition) is 3. The van der Waals surface area contributed by atoms with Crippen molar-refractivity contribution in [2.75, 3.05) is 5.32 Å². The van der Waals surface area contributed by atoms with Crippen molar-refractivity contribution >= 4 is 17.5 Å². The summed E-state index contributed by atoms with van der Waals surface area (Å²) in [5.74, 6) is 0.0686. The molecule has 3 aromatic rings. The summed E-state index contributed by atoms with van der Waals surface area (Å²) in [6.45, 7) is 6.06. The monoisotopic (exact) mass is 402 g/mol. The molecular weight excluding hydrogens is 376 g/mol. The van der Waals surface area contributed by atoms with E-state index in [1.54, 1.807) is 31.2 Å². The van der Waals surface area contributed by atoms with E-state index >= 15 is 0 Å². The quantitative estimate of drug-likeness (QED) is 0.605. The molecule has 0 aliphatic heterocycles. The van der Waals surface area contributed by atoms with Crippen LogP contribution in [0, 0.1) is 13.8 Å². The number of anilines is 1. The molecule has 0 heterocycles. The van der Waals surface area contributed by atoms with Gasteiger partial charge < -0.3 is 15.4 Å². The topological polar surface area (TPSA) is 67.4 Å². The van der Waals surface area contributed by atoms with E-state index in [0.29, 0.717) is 23.5 Å². The number of ether oxygens (including phenoxy) is 1. The summed E-state index contributed by atoms with van der Waals surface area (Å²) in [5.41, 5.74) is 3.99. The highest BCUT2D eigenvalue weighted by atomic mass is 16.5. The standard InChI is InChI=1S/C25H26N2O3/c1-17-13-18(2)15-21(14-17)30-19(3)24(28)27-23-12-8-7-11-22(23)25(29)26-16-20-9-5-4-6-10-20/h4-15,19H,16H2,1-3H3,(H,26,29)(H,27,28)/t19-/m1/s1. The maximum absolute atomic E-state index is 12.7. The zero-order chi connectivity index (χ0) is 21.5. The van der Waals surface area contributed by atoms with E-state index in [-0.39, 0.29) is 11.8 Å². The van der Waals surface area contributed by atoms with Crippen LogP contribution >= 0.6 is 0 Å². The molecule has 154 valence electrons. The van der Waals surface area contributed by atoms with Gasteiger partial charge in [0.2, 0.25) is 0 Å². The molecule has 0 aromatic heterocycles. The molecule has 3 rings (SSSR count). The van der Waals surface area contributed by atoms with Crippen molar-refractivity contribution in [3.05, 3.63) is 95.1 Å². The van der Waals surface area contributed by atoms with E-state index < -0.39 is 6.10 Å². The van der Waals surface area contributed by atoms with Crippen molar-refractivity contribution in [2.24, 2.45) is 0 Å². The van der Waals surface area contributed by atoms with E-state index in [1.165, 1.54) is 0 Å². The van der Waals surface area contributed by atoms with Crippen LogP contribution < -0.4 is 15.4 Å². The van der Waals surface area contributed by atoms with Crippen LogP contribution in [0.2, 0.25) is 0 Å². The third kappa shape index (κ3) is 5.70. The van der Waals surface area contributed by atoms with Crippen LogP contribution in [0.4, 0.5) is 5.69 Å². The highest BCUT2D eigenvalue weighted by molar-refractivity contribution is 6.04. The lowest BCUT2D eigenvalue weighted by molar-refractivity contribution is -0.122. The van der Waals surface area contributed by atoms with Crippen molar-refractivity contribution in [2.45, 2.75) is 33.4 Å². The van der Waals surface area contributed by atoms with Crippen molar-refractivity contribution in [3.63, 3.8) is 0 Å². The Bertz CT molecular complexity index is 1010. The smallest absolute Gasteiger partial charge is 0.265 e. The number of benzene rings is 3. The molecule has 0 radical (unpaired) electrons. The van der Waals surface area contributed by atoms with E-state index in [0.717, 1.165) is 16.7 Å². The molecule has 0 spiro atoms. The number of para-hydroxylation sites is 1. The fraction of sp³-hybridized carbons (Fsp3) is 0.200. The first-order valence-electron chi connectivity index (χ1n) is 9.89. The molecule has 5 nitrogen and oxygen atoms in total. The summed E-state index contributed by atoms with van der Waals surface area (Å²) < 4.78 is 5.80. The largest absolute Gasteiger partial charge is 0.481 e. The Hall–Kier alpha value is -3.60. The molecule has 3 aromatic carbocycles. The van der Waals surface area contributed by atoms with Crippen LogP contribution in [-0.2, 0) is 11.3 Å². The second-order valence-corrected chi connectivity index (χ2v) is 7.29. The number of carbonyl (C=O) groups is 2. The minimum atomic E-state index is -0.716. The number of rotatable bonds is 7. The van der Waals surface area contributed by atoms with Crippen molar-refractivity contribution in [1.82, 2.24) is 5.32 Å². The number of amides is 2. The van der Waals surface area contributed by atoms with Gasteiger partial charge in [-0.05, 0) is 61.7 Å². The molecule has 2 N–H and O–H groups in total. The van der Waals surface area contributed by atoms with Crippen LogP contribution in [0.15, 0.2) is 72.8 Å². The van der Waals surface area contributed by atoms with E-state index in [4.69, 9.17) is 4.74 Å². The molecule has 1 atom stereocenters. The first kappa shape index (κ1) is 21.1. The van der Waals surface area contributed by atoms with E-state index in [2.05, 4.69) is 10.6 Å². The van der Waals surface area contributed by atoms with Crippen molar-refractivity contribution in [3.8, 4) is 5.75 Å². The van der Waals surface area contributed by atoms with Crippen LogP contribution in [0.3, 0.4) is 0 Å². The molecule has 0 saturated carbocycles. The molecule has 0 aliphatic carbocycles. The summed E-state index contributed by atoms with van der Waals surface area (Å²) in [6.07, 6.45) is -0.716. The molecule has 0 bridgehead atoms. The number of nitrogens with one attached hydrogen (secondary N) is 2. The minimum Gasteiger partial charge on any atom is -0.481 e. The lowest BCUT2D eigenvalue weighted by Gasteiger charge is -2.17. The second-order valence-electron chi connectivity index (χ2n) is 7.29. The van der Waals surface area contributed by atoms with Crippen molar-refractivity contribution < 1.29 is 14.3 Å². The normalized spacial score (nSPS) is 11.4. The predicted octanol–water partition coefficient (Wildman–Crippen LogP) is 4.64. The fourth-order valence-corrected chi connectivity index (χ4v) is 3.16. The first-order chi connectivity index (χ1) is 14.4. The summed E-state index contributed by atoms with van der Waals surface area (Å²) in [5, 5.41) is 5.70. The third-order valence-corrected chi connectivity index (χ3v) is 4.60. The van der Waals surface area contributed by atoms with Gasteiger partial charge >= 0.3 is 0 Å². The summed E-state index contributed by atoms with van der Waals surface area (Å²) >= 11 is 0. The Kier molecular flexibility index (Phi) is 6.86. The van der Waals surface area contributed by atoms with Gasteiger partial charge in [0, 0.05) is 6.54 Å². The Labute approximate surface area is 177 Å². The van der Waals surface area contributed by atoms with Crippen molar-refractivity contribution in [1.29, 1.82) is 0 Å². The number of carbonyl (C=O) groups excluding carboxylic acids is 2. The van der Waals surface area contributed by atoms with Gasteiger partial charge in [-0.2, -0.15) is 0 Å². The Morgan fingerprint density at radius 2 is 1.53 bits per heavy atom. The lowest BCUT2D eigenvalue weighted by atomic mass is 10.1. The first-order valence-corrected chi connectivity index (χ1v) is 9.89. The zero-order valence-corrected chi connectivity index (χ0v) is 17.4. The van der Waals surface area contributed by atoms with E-state index in [1.807, 2.05) is 62.4 Å². The maximum Gasteiger partial charge on any atom is 0.265 e.